The second-order valence-electron chi connectivity index (χ2n) is 7.52. The second kappa shape index (κ2) is 8.28. The fraction of sp³-hybridized carbons (Fsp3) is 0.120. The first-order valence-electron chi connectivity index (χ1n) is 9.74. The predicted molar refractivity (Wildman–Crippen MR) is 119 cm³/mol. The number of carboxylic acid groups (broad SMARTS) is 1. The molecule has 5 nitrogen and oxygen atoms in total. The lowest BCUT2D eigenvalue weighted by atomic mass is 9.92. The van der Waals surface area contributed by atoms with Crippen molar-refractivity contribution >= 4 is 29.1 Å². The molecule has 31 heavy (non-hydrogen) atoms. The molecule has 0 saturated carbocycles. The van der Waals surface area contributed by atoms with E-state index in [2.05, 4.69) is 0 Å². The Bertz CT molecular complexity index is 1170. The van der Waals surface area contributed by atoms with Gasteiger partial charge in [-0.2, -0.15) is 0 Å². The summed E-state index contributed by atoms with van der Waals surface area (Å²) in [6.07, 6.45) is 0. The fourth-order valence-corrected chi connectivity index (χ4v) is 3.91. The number of aliphatic hydroxyl groups excluding tert-OH is 1. The van der Waals surface area contributed by atoms with Gasteiger partial charge >= 0.3 is 5.97 Å². The molecule has 3 aromatic rings. The Morgan fingerprint density at radius 3 is 2.16 bits per heavy atom. The van der Waals surface area contributed by atoms with Gasteiger partial charge in [0.25, 0.3) is 5.91 Å². The van der Waals surface area contributed by atoms with Crippen molar-refractivity contribution in [1.82, 2.24) is 4.90 Å². The maximum Gasteiger partial charge on any atom is 0.335 e. The van der Waals surface area contributed by atoms with Gasteiger partial charge in [0.05, 0.1) is 11.6 Å². The molecule has 0 saturated heterocycles. The molecule has 3 aromatic carbocycles. The number of carboxylic acids is 1. The Labute approximate surface area is 184 Å². The summed E-state index contributed by atoms with van der Waals surface area (Å²) in [6.45, 7) is 2.23. The van der Waals surface area contributed by atoms with Gasteiger partial charge in [0, 0.05) is 17.1 Å². The normalized spacial score (nSPS) is 16.1. The molecule has 6 heteroatoms. The summed E-state index contributed by atoms with van der Waals surface area (Å²) < 4.78 is 0. The maximum atomic E-state index is 13.1. The highest BCUT2D eigenvalue weighted by atomic mass is 35.5. The molecule has 0 aromatic heterocycles. The third kappa shape index (κ3) is 4.05. The minimum absolute atomic E-state index is 0.155. The van der Waals surface area contributed by atoms with Crippen LogP contribution in [0.15, 0.2) is 78.6 Å². The van der Waals surface area contributed by atoms with Crippen LogP contribution in [0.3, 0.4) is 0 Å². The average molecular weight is 434 g/mol. The molecule has 2 N–H and O–H groups in total. The SMILES string of the molecule is Cc1ccc(C2=C(O)C(=O)N(Cc3ccc(Cl)cc3)[C@@H]2c2ccc(C(=O)O)cc2)cc1. The van der Waals surface area contributed by atoms with Gasteiger partial charge in [0.15, 0.2) is 5.76 Å². The Morgan fingerprint density at radius 2 is 1.58 bits per heavy atom. The van der Waals surface area contributed by atoms with Gasteiger partial charge in [-0.15, -0.1) is 0 Å². The Morgan fingerprint density at radius 1 is 0.968 bits per heavy atom. The number of benzene rings is 3. The van der Waals surface area contributed by atoms with Gasteiger partial charge in [-0.1, -0.05) is 65.7 Å². The summed E-state index contributed by atoms with van der Waals surface area (Å²) >= 11 is 5.98. The number of carbonyl (C=O) groups excluding carboxylic acids is 1. The molecular formula is C25H20ClNO4. The largest absolute Gasteiger partial charge is 0.503 e. The van der Waals surface area contributed by atoms with Crippen molar-refractivity contribution in [3.63, 3.8) is 0 Å². The van der Waals surface area contributed by atoms with Gasteiger partial charge in [-0.25, -0.2) is 4.79 Å². The van der Waals surface area contributed by atoms with Gasteiger partial charge in [-0.05, 0) is 47.9 Å². The molecule has 0 spiro atoms. The highest BCUT2D eigenvalue weighted by Gasteiger charge is 2.41. The van der Waals surface area contributed by atoms with E-state index in [0.717, 1.165) is 16.7 Å². The van der Waals surface area contributed by atoms with E-state index in [-0.39, 0.29) is 17.9 Å². The molecule has 0 unspecified atom stereocenters. The highest BCUT2D eigenvalue weighted by Crippen LogP contribution is 2.43. The lowest BCUT2D eigenvalue weighted by molar-refractivity contribution is -0.130. The quantitative estimate of drug-likeness (QED) is 0.564. The molecule has 1 aliphatic heterocycles. The van der Waals surface area contributed by atoms with E-state index in [1.807, 2.05) is 43.3 Å². The first-order chi connectivity index (χ1) is 14.8. The highest BCUT2D eigenvalue weighted by molar-refractivity contribution is 6.30. The lowest BCUT2D eigenvalue weighted by Crippen LogP contribution is -2.29. The molecule has 156 valence electrons. The predicted octanol–water partition coefficient (Wildman–Crippen LogP) is 5.40. The number of hydrogen-bond donors (Lipinski definition) is 2. The van der Waals surface area contributed by atoms with Crippen LogP contribution in [0.4, 0.5) is 0 Å². The maximum absolute atomic E-state index is 13.1. The third-order valence-corrected chi connectivity index (χ3v) is 5.66. The smallest absolute Gasteiger partial charge is 0.335 e. The lowest BCUT2D eigenvalue weighted by Gasteiger charge is -2.27. The minimum Gasteiger partial charge on any atom is -0.503 e. The molecule has 0 aliphatic carbocycles. The Kier molecular flexibility index (Phi) is 5.53. The zero-order valence-corrected chi connectivity index (χ0v) is 17.5. The van der Waals surface area contributed by atoms with Crippen LogP contribution in [0.2, 0.25) is 5.02 Å². The summed E-state index contributed by atoms with van der Waals surface area (Å²) in [4.78, 5) is 25.9. The molecule has 1 heterocycles. The number of aromatic carboxylic acids is 1. The Balaban J connectivity index is 1.80. The summed E-state index contributed by atoms with van der Waals surface area (Å²) in [7, 11) is 0. The number of rotatable bonds is 5. The van der Waals surface area contributed by atoms with Crippen LogP contribution in [-0.2, 0) is 11.3 Å². The van der Waals surface area contributed by atoms with Crippen LogP contribution in [0.25, 0.3) is 5.57 Å². The van der Waals surface area contributed by atoms with Crippen molar-refractivity contribution in [2.24, 2.45) is 0 Å². The van der Waals surface area contributed by atoms with Gasteiger partial charge in [0.2, 0.25) is 0 Å². The number of aliphatic hydroxyl groups is 1. The molecule has 1 aliphatic rings. The monoisotopic (exact) mass is 433 g/mol. The number of carbonyl (C=O) groups is 2. The van der Waals surface area contributed by atoms with Crippen molar-refractivity contribution in [2.45, 2.75) is 19.5 Å². The van der Waals surface area contributed by atoms with E-state index < -0.39 is 17.9 Å². The van der Waals surface area contributed by atoms with Crippen molar-refractivity contribution in [1.29, 1.82) is 0 Å². The fourth-order valence-electron chi connectivity index (χ4n) is 3.79. The first kappa shape index (κ1) is 20.7. The molecular weight excluding hydrogens is 414 g/mol. The first-order valence-corrected chi connectivity index (χ1v) is 10.1. The number of hydrogen-bond acceptors (Lipinski definition) is 3. The minimum atomic E-state index is -1.02. The topological polar surface area (TPSA) is 77.8 Å². The van der Waals surface area contributed by atoms with E-state index in [1.165, 1.54) is 12.1 Å². The summed E-state index contributed by atoms with van der Waals surface area (Å²) in [5, 5.41) is 20.6. The van der Waals surface area contributed by atoms with Crippen LogP contribution in [0.5, 0.6) is 0 Å². The van der Waals surface area contributed by atoms with Gasteiger partial charge in [0.1, 0.15) is 0 Å². The van der Waals surface area contributed by atoms with E-state index >= 15 is 0 Å². The van der Waals surface area contributed by atoms with Gasteiger partial charge in [-0.3, -0.25) is 4.79 Å². The van der Waals surface area contributed by atoms with E-state index in [9.17, 15) is 19.8 Å². The second-order valence-corrected chi connectivity index (χ2v) is 7.95. The molecule has 1 amide bonds. The van der Waals surface area contributed by atoms with E-state index in [1.54, 1.807) is 29.2 Å². The Hall–Kier alpha value is -3.57. The van der Waals surface area contributed by atoms with Crippen LogP contribution >= 0.6 is 11.6 Å². The zero-order valence-electron chi connectivity index (χ0n) is 16.7. The van der Waals surface area contributed by atoms with Crippen LogP contribution < -0.4 is 0 Å². The number of amides is 1. The molecule has 0 fully saturated rings. The molecule has 0 bridgehead atoms. The van der Waals surface area contributed by atoms with Crippen LogP contribution in [0, 0.1) is 6.92 Å². The van der Waals surface area contributed by atoms with Gasteiger partial charge < -0.3 is 15.1 Å². The summed E-state index contributed by atoms with van der Waals surface area (Å²) in [5.41, 5.74) is 4.04. The summed E-state index contributed by atoms with van der Waals surface area (Å²) in [6, 6.07) is 20.6. The van der Waals surface area contributed by atoms with Crippen molar-refractivity contribution in [3.8, 4) is 0 Å². The van der Waals surface area contributed by atoms with Crippen LogP contribution in [-0.4, -0.2) is 27.0 Å². The van der Waals surface area contributed by atoms with E-state index in [0.29, 0.717) is 16.2 Å². The van der Waals surface area contributed by atoms with Crippen molar-refractivity contribution < 1.29 is 19.8 Å². The average Bonchev–Trinajstić information content (AvgIpc) is 3.01. The molecule has 1 atom stereocenters. The molecule has 4 rings (SSSR count). The van der Waals surface area contributed by atoms with E-state index in [4.69, 9.17) is 11.6 Å². The standard InChI is InChI=1S/C25H20ClNO4/c1-15-2-6-17(7-3-15)21-22(18-8-10-19(11-9-18)25(30)31)27(24(29)23(21)28)14-16-4-12-20(26)13-5-16/h2-13,22,28H,14H2,1H3,(H,30,31)/t22-/m1/s1. The van der Waals surface area contributed by atoms with Crippen molar-refractivity contribution in [2.75, 3.05) is 0 Å². The summed E-state index contributed by atoms with van der Waals surface area (Å²) in [5.74, 6) is -1.80. The molecule has 0 radical (unpaired) electrons. The third-order valence-electron chi connectivity index (χ3n) is 5.41. The number of nitrogens with zero attached hydrogens (tertiary/aromatic N) is 1. The number of halogens is 1. The number of aryl methyl sites for hydroxylation is 1. The van der Waals surface area contributed by atoms with Crippen molar-refractivity contribution in [3.05, 3.63) is 111 Å². The van der Waals surface area contributed by atoms with Crippen LogP contribution in [0.1, 0.15) is 38.7 Å². The zero-order chi connectivity index (χ0) is 22.1.